The Morgan fingerprint density at radius 1 is 1.28 bits per heavy atom. The largest absolute Gasteiger partial charge is 0.379 e. The van der Waals surface area contributed by atoms with Gasteiger partial charge in [0.05, 0.1) is 24.7 Å². The van der Waals surface area contributed by atoms with Crippen LogP contribution in [0.15, 0.2) is 24.3 Å². The summed E-state index contributed by atoms with van der Waals surface area (Å²) in [7, 11) is 3.38. The number of nitro benzene ring substituents is 1. The van der Waals surface area contributed by atoms with Crippen molar-refractivity contribution in [1.82, 2.24) is 14.7 Å². The SMILES string of the molecule is CN(C)C(=O)N(CCCN1CCOCC1)Cc1ccccc1[N+](=O)[O-]. The smallest absolute Gasteiger partial charge is 0.319 e. The van der Waals surface area contributed by atoms with Crippen molar-refractivity contribution in [3.05, 3.63) is 39.9 Å². The minimum Gasteiger partial charge on any atom is -0.379 e. The average Bonchev–Trinajstić information content (AvgIpc) is 2.61. The molecule has 0 atom stereocenters. The first-order valence-corrected chi connectivity index (χ1v) is 8.47. The van der Waals surface area contributed by atoms with Gasteiger partial charge in [-0.1, -0.05) is 18.2 Å². The number of hydrogen-bond donors (Lipinski definition) is 0. The van der Waals surface area contributed by atoms with Gasteiger partial charge >= 0.3 is 6.03 Å². The number of benzene rings is 1. The molecule has 0 N–H and O–H groups in total. The summed E-state index contributed by atoms with van der Waals surface area (Å²) >= 11 is 0. The molecule has 8 nitrogen and oxygen atoms in total. The minimum absolute atomic E-state index is 0.0484. The molecule has 0 unspecified atom stereocenters. The summed E-state index contributed by atoms with van der Waals surface area (Å²) in [6, 6.07) is 6.43. The average molecular weight is 350 g/mol. The number of para-hydroxylation sites is 1. The fraction of sp³-hybridized carbons (Fsp3) is 0.588. The molecule has 138 valence electrons. The highest BCUT2D eigenvalue weighted by Gasteiger charge is 2.21. The van der Waals surface area contributed by atoms with Crippen LogP contribution >= 0.6 is 0 Å². The predicted octanol–water partition coefficient (Wildman–Crippen LogP) is 1.80. The zero-order chi connectivity index (χ0) is 18.2. The van der Waals surface area contributed by atoms with Gasteiger partial charge in [0.2, 0.25) is 0 Å². The van der Waals surface area contributed by atoms with Gasteiger partial charge in [-0.2, -0.15) is 0 Å². The highest BCUT2D eigenvalue weighted by atomic mass is 16.6. The maximum absolute atomic E-state index is 12.5. The third-order valence-corrected chi connectivity index (χ3v) is 4.21. The van der Waals surface area contributed by atoms with Gasteiger partial charge in [-0.15, -0.1) is 0 Å². The molecule has 0 aromatic heterocycles. The van der Waals surface area contributed by atoms with Crippen molar-refractivity contribution in [3.63, 3.8) is 0 Å². The fourth-order valence-corrected chi connectivity index (χ4v) is 2.86. The maximum Gasteiger partial charge on any atom is 0.319 e. The van der Waals surface area contributed by atoms with E-state index in [9.17, 15) is 14.9 Å². The van der Waals surface area contributed by atoms with Crippen molar-refractivity contribution in [2.75, 3.05) is 53.5 Å². The Bertz CT molecular complexity index is 588. The van der Waals surface area contributed by atoms with Crippen LogP contribution in [0.25, 0.3) is 0 Å². The van der Waals surface area contributed by atoms with Crippen molar-refractivity contribution in [2.45, 2.75) is 13.0 Å². The fourth-order valence-electron chi connectivity index (χ4n) is 2.86. The van der Waals surface area contributed by atoms with E-state index in [4.69, 9.17) is 4.74 Å². The predicted molar refractivity (Wildman–Crippen MR) is 94.5 cm³/mol. The summed E-state index contributed by atoms with van der Waals surface area (Å²) < 4.78 is 5.33. The van der Waals surface area contributed by atoms with E-state index in [1.807, 2.05) is 0 Å². The van der Waals surface area contributed by atoms with Crippen molar-refractivity contribution in [1.29, 1.82) is 0 Å². The molecule has 1 aromatic rings. The summed E-state index contributed by atoms with van der Waals surface area (Å²) in [5, 5.41) is 11.2. The molecule has 0 radical (unpaired) electrons. The molecule has 0 bridgehead atoms. The standard InChI is InChI=1S/C17H26N4O4/c1-18(2)17(22)20(9-5-8-19-10-12-25-13-11-19)14-15-6-3-4-7-16(15)21(23)24/h3-4,6-7H,5,8-14H2,1-2H3. The third kappa shape index (κ3) is 5.68. The first kappa shape index (κ1) is 19.1. The number of nitro groups is 1. The molecule has 1 fully saturated rings. The molecule has 0 saturated carbocycles. The normalized spacial score (nSPS) is 15.0. The van der Waals surface area contributed by atoms with Crippen LogP contribution in [-0.4, -0.2) is 79.1 Å². The lowest BCUT2D eigenvalue weighted by Gasteiger charge is -2.29. The van der Waals surface area contributed by atoms with Crippen LogP contribution in [0.3, 0.4) is 0 Å². The molecular formula is C17H26N4O4. The van der Waals surface area contributed by atoms with Gasteiger partial charge in [0.25, 0.3) is 5.69 Å². The van der Waals surface area contributed by atoms with Gasteiger partial charge in [-0.25, -0.2) is 4.79 Å². The topological polar surface area (TPSA) is 79.2 Å². The van der Waals surface area contributed by atoms with E-state index in [1.54, 1.807) is 37.2 Å². The van der Waals surface area contributed by atoms with Crippen molar-refractivity contribution in [3.8, 4) is 0 Å². The van der Waals surface area contributed by atoms with E-state index < -0.39 is 4.92 Å². The monoisotopic (exact) mass is 350 g/mol. The lowest BCUT2D eigenvalue weighted by Crippen LogP contribution is -2.41. The van der Waals surface area contributed by atoms with Crippen LogP contribution in [0.1, 0.15) is 12.0 Å². The number of carbonyl (C=O) groups is 1. The van der Waals surface area contributed by atoms with Gasteiger partial charge < -0.3 is 14.5 Å². The number of morpholine rings is 1. The molecule has 1 saturated heterocycles. The molecule has 2 rings (SSSR count). The summed E-state index contributed by atoms with van der Waals surface area (Å²) in [6.07, 6.45) is 0.820. The second-order valence-electron chi connectivity index (χ2n) is 6.29. The molecule has 1 heterocycles. The quantitative estimate of drug-likeness (QED) is 0.553. The Hall–Kier alpha value is -2.19. The zero-order valence-corrected chi connectivity index (χ0v) is 14.9. The Labute approximate surface area is 148 Å². The third-order valence-electron chi connectivity index (χ3n) is 4.21. The van der Waals surface area contributed by atoms with E-state index >= 15 is 0 Å². The highest BCUT2D eigenvalue weighted by Crippen LogP contribution is 2.20. The lowest BCUT2D eigenvalue weighted by atomic mass is 10.1. The first-order chi connectivity index (χ1) is 12.0. The maximum atomic E-state index is 12.5. The van der Waals surface area contributed by atoms with Crippen molar-refractivity contribution in [2.24, 2.45) is 0 Å². The molecule has 0 aliphatic carbocycles. The number of urea groups is 1. The lowest BCUT2D eigenvalue weighted by molar-refractivity contribution is -0.385. The van der Waals surface area contributed by atoms with Crippen LogP contribution in [0.2, 0.25) is 0 Å². The number of ether oxygens (including phenoxy) is 1. The van der Waals surface area contributed by atoms with E-state index in [-0.39, 0.29) is 18.3 Å². The number of rotatable bonds is 7. The first-order valence-electron chi connectivity index (χ1n) is 8.47. The zero-order valence-electron chi connectivity index (χ0n) is 14.9. The van der Waals surface area contributed by atoms with Crippen LogP contribution in [-0.2, 0) is 11.3 Å². The van der Waals surface area contributed by atoms with Gasteiger partial charge in [0.1, 0.15) is 0 Å². The van der Waals surface area contributed by atoms with Crippen LogP contribution < -0.4 is 0 Å². The van der Waals surface area contributed by atoms with Crippen LogP contribution in [0.4, 0.5) is 10.5 Å². The van der Waals surface area contributed by atoms with E-state index in [1.165, 1.54) is 11.0 Å². The Kier molecular flexibility index (Phi) is 7.15. The Balaban J connectivity index is 2.00. The van der Waals surface area contributed by atoms with E-state index in [0.717, 1.165) is 39.3 Å². The number of carbonyl (C=O) groups excluding carboxylic acids is 1. The molecule has 1 aliphatic rings. The number of amides is 2. The highest BCUT2D eigenvalue weighted by molar-refractivity contribution is 5.74. The summed E-state index contributed by atoms with van der Waals surface area (Å²) in [4.78, 5) is 28.7. The molecule has 8 heteroatoms. The molecule has 1 aromatic carbocycles. The molecule has 25 heavy (non-hydrogen) atoms. The second-order valence-corrected chi connectivity index (χ2v) is 6.29. The second kappa shape index (κ2) is 9.33. The summed E-state index contributed by atoms with van der Waals surface area (Å²) in [5.74, 6) is 0. The molecule has 1 aliphatic heterocycles. The van der Waals surface area contributed by atoms with Gasteiger partial charge in [-0.05, 0) is 6.42 Å². The van der Waals surface area contributed by atoms with E-state index in [2.05, 4.69) is 4.90 Å². The molecule has 0 spiro atoms. The van der Waals surface area contributed by atoms with Crippen molar-refractivity contribution >= 4 is 11.7 Å². The van der Waals surface area contributed by atoms with Crippen molar-refractivity contribution < 1.29 is 14.5 Å². The van der Waals surface area contributed by atoms with Crippen LogP contribution in [0, 0.1) is 10.1 Å². The number of hydrogen-bond acceptors (Lipinski definition) is 5. The summed E-state index contributed by atoms with van der Waals surface area (Å²) in [6.45, 7) is 4.99. The Morgan fingerprint density at radius 2 is 1.96 bits per heavy atom. The molecular weight excluding hydrogens is 324 g/mol. The minimum atomic E-state index is -0.401. The van der Waals surface area contributed by atoms with Gasteiger partial charge in [0, 0.05) is 51.9 Å². The van der Waals surface area contributed by atoms with Gasteiger partial charge in [-0.3, -0.25) is 15.0 Å². The van der Waals surface area contributed by atoms with Crippen LogP contribution in [0.5, 0.6) is 0 Å². The Morgan fingerprint density at radius 3 is 2.60 bits per heavy atom. The summed E-state index contributed by atoms with van der Waals surface area (Å²) in [5.41, 5.74) is 0.598. The van der Waals surface area contributed by atoms with E-state index in [0.29, 0.717) is 12.1 Å². The molecule has 2 amide bonds. The van der Waals surface area contributed by atoms with Gasteiger partial charge in [0.15, 0.2) is 0 Å². The number of nitrogens with zero attached hydrogens (tertiary/aromatic N) is 4.